The third-order valence-corrected chi connectivity index (χ3v) is 2.91. The summed E-state index contributed by atoms with van der Waals surface area (Å²) in [4.78, 5) is 15.8. The molecule has 0 spiro atoms. The fraction of sp³-hybridized carbons (Fsp3) is 0.909. The van der Waals surface area contributed by atoms with E-state index in [9.17, 15) is 4.79 Å². The van der Waals surface area contributed by atoms with Crippen LogP contribution in [0, 0.1) is 5.92 Å². The Hall–Kier alpha value is -0.610. The monoisotopic (exact) mass is 213 g/mol. The normalized spacial score (nSPS) is 22.9. The second-order valence-electron chi connectivity index (χ2n) is 4.68. The van der Waals surface area contributed by atoms with E-state index in [0.717, 1.165) is 19.5 Å². The molecule has 1 fully saturated rings. The number of hydrogen-bond acceptors (Lipinski definition) is 3. The van der Waals surface area contributed by atoms with Gasteiger partial charge in [0, 0.05) is 13.1 Å². The van der Waals surface area contributed by atoms with Crippen molar-refractivity contribution in [1.82, 2.24) is 9.80 Å². The van der Waals surface area contributed by atoms with Crippen molar-refractivity contribution in [3.63, 3.8) is 0 Å². The molecule has 1 rings (SSSR count). The van der Waals surface area contributed by atoms with Gasteiger partial charge in [-0.1, -0.05) is 6.42 Å². The number of carbonyl (C=O) groups excluding carboxylic acids is 1. The maximum atomic E-state index is 11.9. The molecule has 88 valence electrons. The molecule has 1 saturated heterocycles. The number of hydrogen-bond donors (Lipinski definition) is 1. The fourth-order valence-corrected chi connectivity index (χ4v) is 2.02. The lowest BCUT2D eigenvalue weighted by Gasteiger charge is -2.25. The summed E-state index contributed by atoms with van der Waals surface area (Å²) < 4.78 is 0. The molecule has 1 aliphatic heterocycles. The first-order chi connectivity index (χ1) is 7.13. The highest BCUT2D eigenvalue weighted by atomic mass is 16.2. The molecule has 0 aromatic carbocycles. The molecule has 2 N–H and O–H groups in total. The number of nitrogens with zero attached hydrogens (tertiary/aromatic N) is 2. The van der Waals surface area contributed by atoms with Crippen LogP contribution in [0.3, 0.4) is 0 Å². The van der Waals surface area contributed by atoms with Crippen molar-refractivity contribution in [1.29, 1.82) is 0 Å². The Morgan fingerprint density at radius 2 is 2.20 bits per heavy atom. The van der Waals surface area contributed by atoms with Crippen LogP contribution < -0.4 is 5.73 Å². The zero-order valence-corrected chi connectivity index (χ0v) is 9.91. The van der Waals surface area contributed by atoms with Gasteiger partial charge in [0.25, 0.3) is 0 Å². The van der Waals surface area contributed by atoms with Crippen molar-refractivity contribution in [3.8, 4) is 0 Å². The molecule has 4 nitrogen and oxygen atoms in total. The molecule has 0 saturated carbocycles. The molecule has 15 heavy (non-hydrogen) atoms. The van der Waals surface area contributed by atoms with Gasteiger partial charge in [0.2, 0.25) is 5.91 Å². The molecule has 1 atom stereocenters. The average molecular weight is 213 g/mol. The lowest BCUT2D eigenvalue weighted by Crippen LogP contribution is -2.41. The first-order valence-electron chi connectivity index (χ1n) is 5.76. The van der Waals surface area contributed by atoms with E-state index in [1.54, 1.807) is 0 Å². The smallest absolute Gasteiger partial charge is 0.236 e. The van der Waals surface area contributed by atoms with Crippen LogP contribution in [0.15, 0.2) is 0 Å². The van der Waals surface area contributed by atoms with Gasteiger partial charge in [-0.25, -0.2) is 0 Å². The standard InChI is InChI=1S/C11H23N3O/c1-13(2)9-11(15)14-6-4-3-5-10(7-12)8-14/h10H,3-9,12H2,1-2H3. The predicted octanol–water partition coefficient (Wildman–Crippen LogP) is 0.135. The Kier molecular flexibility index (Phi) is 5.05. The van der Waals surface area contributed by atoms with Crippen LogP contribution in [0.4, 0.5) is 0 Å². The van der Waals surface area contributed by atoms with E-state index in [1.807, 2.05) is 23.9 Å². The van der Waals surface area contributed by atoms with Crippen molar-refractivity contribution < 1.29 is 4.79 Å². The van der Waals surface area contributed by atoms with Crippen LogP contribution >= 0.6 is 0 Å². The van der Waals surface area contributed by atoms with Crippen molar-refractivity contribution in [2.24, 2.45) is 11.7 Å². The lowest BCUT2D eigenvalue weighted by molar-refractivity contribution is -0.132. The van der Waals surface area contributed by atoms with Crippen LogP contribution in [0.5, 0.6) is 0 Å². The maximum Gasteiger partial charge on any atom is 0.236 e. The molecule has 4 heteroatoms. The Morgan fingerprint density at radius 3 is 2.80 bits per heavy atom. The minimum Gasteiger partial charge on any atom is -0.341 e. The van der Waals surface area contributed by atoms with Crippen LogP contribution in [0.1, 0.15) is 19.3 Å². The molecular weight excluding hydrogens is 190 g/mol. The number of likely N-dealkylation sites (N-methyl/N-ethyl adjacent to an activating group) is 1. The zero-order valence-electron chi connectivity index (χ0n) is 9.91. The van der Waals surface area contributed by atoms with E-state index in [1.165, 1.54) is 12.8 Å². The van der Waals surface area contributed by atoms with E-state index in [4.69, 9.17) is 5.73 Å². The molecule has 0 aromatic rings. The molecule has 1 amide bonds. The third-order valence-electron chi connectivity index (χ3n) is 2.91. The van der Waals surface area contributed by atoms with Gasteiger partial charge in [0.05, 0.1) is 6.54 Å². The van der Waals surface area contributed by atoms with Gasteiger partial charge in [0.1, 0.15) is 0 Å². The number of nitrogens with two attached hydrogens (primary N) is 1. The molecule has 0 aromatic heterocycles. The predicted molar refractivity (Wildman–Crippen MR) is 61.5 cm³/mol. The van der Waals surface area contributed by atoms with Gasteiger partial charge < -0.3 is 15.5 Å². The van der Waals surface area contributed by atoms with E-state index >= 15 is 0 Å². The SMILES string of the molecule is CN(C)CC(=O)N1CCCCC(CN)C1. The highest BCUT2D eigenvalue weighted by Gasteiger charge is 2.21. The van der Waals surface area contributed by atoms with Crippen molar-refractivity contribution in [2.75, 3.05) is 40.3 Å². The topological polar surface area (TPSA) is 49.6 Å². The van der Waals surface area contributed by atoms with Crippen LogP contribution in [0.2, 0.25) is 0 Å². The number of likely N-dealkylation sites (tertiary alicyclic amines) is 1. The molecule has 0 bridgehead atoms. The number of rotatable bonds is 3. The summed E-state index contributed by atoms with van der Waals surface area (Å²) in [6, 6.07) is 0. The van der Waals surface area contributed by atoms with E-state index in [-0.39, 0.29) is 5.91 Å². The summed E-state index contributed by atoms with van der Waals surface area (Å²) in [5, 5.41) is 0. The van der Waals surface area contributed by atoms with Crippen LogP contribution in [-0.4, -0.2) is 56.0 Å². The summed E-state index contributed by atoms with van der Waals surface area (Å²) in [6.45, 7) is 2.97. The summed E-state index contributed by atoms with van der Waals surface area (Å²) in [7, 11) is 3.85. The molecule has 1 aliphatic rings. The Morgan fingerprint density at radius 1 is 1.47 bits per heavy atom. The van der Waals surface area contributed by atoms with E-state index in [0.29, 0.717) is 19.0 Å². The number of amides is 1. The van der Waals surface area contributed by atoms with E-state index in [2.05, 4.69) is 0 Å². The highest BCUT2D eigenvalue weighted by molar-refractivity contribution is 5.78. The highest BCUT2D eigenvalue weighted by Crippen LogP contribution is 2.15. The van der Waals surface area contributed by atoms with Gasteiger partial charge in [-0.2, -0.15) is 0 Å². The lowest BCUT2D eigenvalue weighted by atomic mass is 10.0. The molecular formula is C11H23N3O. The van der Waals surface area contributed by atoms with Gasteiger partial charge in [-0.3, -0.25) is 4.79 Å². The first-order valence-corrected chi connectivity index (χ1v) is 5.76. The third kappa shape index (κ3) is 4.18. The minimum absolute atomic E-state index is 0.236. The molecule has 1 heterocycles. The Balaban J connectivity index is 2.47. The molecule has 1 unspecified atom stereocenters. The number of carbonyl (C=O) groups is 1. The Labute approximate surface area is 92.4 Å². The second kappa shape index (κ2) is 6.08. The quantitative estimate of drug-likeness (QED) is 0.725. The van der Waals surface area contributed by atoms with Gasteiger partial charge >= 0.3 is 0 Å². The zero-order chi connectivity index (χ0) is 11.3. The van der Waals surface area contributed by atoms with Crippen LogP contribution in [0.25, 0.3) is 0 Å². The van der Waals surface area contributed by atoms with Gasteiger partial charge in [-0.15, -0.1) is 0 Å². The van der Waals surface area contributed by atoms with Crippen molar-refractivity contribution in [2.45, 2.75) is 19.3 Å². The van der Waals surface area contributed by atoms with Gasteiger partial charge in [-0.05, 0) is 39.4 Å². The summed E-state index contributed by atoms with van der Waals surface area (Å²) in [5.41, 5.74) is 5.69. The maximum absolute atomic E-state index is 11.9. The minimum atomic E-state index is 0.236. The van der Waals surface area contributed by atoms with Gasteiger partial charge in [0.15, 0.2) is 0 Å². The molecule has 0 radical (unpaired) electrons. The fourth-order valence-electron chi connectivity index (χ4n) is 2.02. The average Bonchev–Trinajstić information content (AvgIpc) is 2.41. The molecule has 0 aliphatic carbocycles. The second-order valence-corrected chi connectivity index (χ2v) is 4.68. The summed E-state index contributed by atoms with van der Waals surface area (Å²) >= 11 is 0. The van der Waals surface area contributed by atoms with Crippen molar-refractivity contribution >= 4 is 5.91 Å². The summed E-state index contributed by atoms with van der Waals surface area (Å²) in [6.07, 6.45) is 3.49. The Bertz CT molecular complexity index is 206. The largest absolute Gasteiger partial charge is 0.341 e. The van der Waals surface area contributed by atoms with E-state index < -0.39 is 0 Å². The summed E-state index contributed by atoms with van der Waals surface area (Å²) in [5.74, 6) is 0.735. The van der Waals surface area contributed by atoms with Crippen LogP contribution in [-0.2, 0) is 4.79 Å². The first kappa shape index (κ1) is 12.5. The van der Waals surface area contributed by atoms with Crippen molar-refractivity contribution in [3.05, 3.63) is 0 Å².